The summed E-state index contributed by atoms with van der Waals surface area (Å²) in [6.07, 6.45) is 1.93. The number of imide groups is 2. The highest BCUT2D eigenvalue weighted by Crippen LogP contribution is 2.47. The number of unbranched alkanes of at least 4 members (excludes halogenated alkanes) is 3. The fourth-order valence-electron chi connectivity index (χ4n) is 8.08. The number of fused-ring (bicyclic) bond motifs is 1. The average molecular weight is 892 g/mol. The molecule has 2 fully saturated rings. The topological polar surface area (TPSA) is 171 Å². The third-order valence-corrected chi connectivity index (χ3v) is 11.8. The minimum absolute atomic E-state index is 0.0100. The Hall–Kier alpha value is -6.33. The Morgan fingerprint density at radius 1 is 1.05 bits per heavy atom. The monoisotopic (exact) mass is 891 g/mol. The van der Waals surface area contributed by atoms with Crippen molar-refractivity contribution < 1.29 is 51.0 Å². The molecule has 2 heterocycles. The molecule has 1 saturated carbocycles. The van der Waals surface area contributed by atoms with Crippen molar-refractivity contribution in [2.75, 3.05) is 46.2 Å². The molecule has 2 aliphatic heterocycles. The SMILES string of the molecule is C/C=N/c1cc(OC)c(OCC2(CN(C)C(=O)CCCCCCNc3cccc4c3C(=O)N(C3CCC(=O)NC3=O)C4=O)CC2)cc1/C(=N\C)N[C@H](C)c1cccc(C(F)(F)F)c1F. The highest BCUT2D eigenvalue weighted by atomic mass is 19.4. The minimum Gasteiger partial charge on any atom is -0.493 e. The van der Waals surface area contributed by atoms with Crippen molar-refractivity contribution in [3.63, 3.8) is 0 Å². The molecule has 3 N–H and O–H groups in total. The van der Waals surface area contributed by atoms with Crippen molar-refractivity contribution >= 4 is 53.0 Å². The van der Waals surface area contributed by atoms with Crippen molar-refractivity contribution in [2.24, 2.45) is 15.4 Å². The predicted octanol–water partition coefficient (Wildman–Crippen LogP) is 7.38. The molecule has 18 heteroatoms. The lowest BCUT2D eigenvalue weighted by Gasteiger charge is -2.27. The maximum Gasteiger partial charge on any atom is 0.419 e. The molecule has 3 aromatic carbocycles. The zero-order chi connectivity index (χ0) is 46.3. The van der Waals surface area contributed by atoms with Crippen molar-refractivity contribution in [1.29, 1.82) is 0 Å². The van der Waals surface area contributed by atoms with Crippen LogP contribution in [0.15, 0.2) is 58.5 Å². The van der Waals surface area contributed by atoms with E-state index in [0.29, 0.717) is 60.4 Å². The highest BCUT2D eigenvalue weighted by Gasteiger charge is 2.47. The van der Waals surface area contributed by atoms with Gasteiger partial charge in [-0.25, -0.2) is 4.39 Å². The number of anilines is 1. The van der Waals surface area contributed by atoms with Gasteiger partial charge in [-0.3, -0.25) is 44.2 Å². The first kappa shape index (κ1) is 47.2. The number of aliphatic imine (C=N–C) groups is 2. The molecule has 3 aromatic rings. The van der Waals surface area contributed by atoms with E-state index in [1.165, 1.54) is 27.1 Å². The minimum atomic E-state index is -4.86. The van der Waals surface area contributed by atoms with Gasteiger partial charge in [0.15, 0.2) is 11.5 Å². The Kier molecular flexibility index (Phi) is 14.7. The van der Waals surface area contributed by atoms with Gasteiger partial charge in [-0.15, -0.1) is 0 Å². The van der Waals surface area contributed by atoms with Crippen LogP contribution < -0.4 is 25.4 Å². The Labute approximate surface area is 368 Å². The fraction of sp³-hybridized carbons (Fsp3) is 0.457. The second-order valence-corrected chi connectivity index (χ2v) is 16.4. The third kappa shape index (κ3) is 10.5. The van der Waals surface area contributed by atoms with Gasteiger partial charge in [-0.05, 0) is 70.2 Å². The maximum atomic E-state index is 15.1. The van der Waals surface area contributed by atoms with Crippen LogP contribution in [0.1, 0.15) is 115 Å². The van der Waals surface area contributed by atoms with Gasteiger partial charge in [0, 0.05) is 74.5 Å². The lowest BCUT2D eigenvalue weighted by atomic mass is 10.0. The summed E-state index contributed by atoms with van der Waals surface area (Å²) in [5.74, 6) is -2.58. The molecular formula is C46H53F4N7O7. The first-order valence-electron chi connectivity index (χ1n) is 21.3. The molecule has 3 aliphatic rings. The molecule has 342 valence electrons. The Morgan fingerprint density at radius 3 is 2.45 bits per heavy atom. The fourth-order valence-corrected chi connectivity index (χ4v) is 8.08. The van der Waals surface area contributed by atoms with E-state index < -0.39 is 53.3 Å². The van der Waals surface area contributed by atoms with Crippen LogP contribution in [0.4, 0.5) is 28.9 Å². The van der Waals surface area contributed by atoms with Crippen LogP contribution in [0.25, 0.3) is 0 Å². The second-order valence-electron chi connectivity index (χ2n) is 16.4. The number of benzene rings is 3. The van der Waals surface area contributed by atoms with Crippen LogP contribution in [0.2, 0.25) is 0 Å². The zero-order valence-corrected chi connectivity index (χ0v) is 36.5. The summed E-state index contributed by atoms with van der Waals surface area (Å²) in [5, 5.41) is 8.51. The number of piperidine rings is 1. The molecule has 6 rings (SSSR count). The highest BCUT2D eigenvalue weighted by molar-refractivity contribution is 6.25. The number of alkyl halides is 3. The number of carbonyl (C=O) groups excluding carboxylic acids is 5. The number of ether oxygens (including phenoxy) is 2. The van der Waals surface area contributed by atoms with E-state index in [0.717, 1.165) is 43.1 Å². The number of hydrogen-bond donors (Lipinski definition) is 3. The molecule has 14 nitrogen and oxygen atoms in total. The quantitative estimate of drug-likeness (QED) is 0.0365. The van der Waals surface area contributed by atoms with E-state index in [1.807, 2.05) is 0 Å². The van der Waals surface area contributed by atoms with Gasteiger partial charge in [0.25, 0.3) is 11.8 Å². The lowest BCUT2D eigenvalue weighted by Crippen LogP contribution is -2.54. The van der Waals surface area contributed by atoms with Gasteiger partial charge in [-0.2, -0.15) is 13.2 Å². The first-order chi connectivity index (χ1) is 30.5. The van der Waals surface area contributed by atoms with Gasteiger partial charge in [-0.1, -0.05) is 31.0 Å². The predicted molar refractivity (Wildman–Crippen MR) is 232 cm³/mol. The van der Waals surface area contributed by atoms with Crippen molar-refractivity contribution in [2.45, 2.75) is 89.9 Å². The molecule has 2 atom stereocenters. The lowest BCUT2D eigenvalue weighted by molar-refractivity contribution is -0.140. The number of rotatable bonds is 19. The Bertz CT molecular complexity index is 2350. The van der Waals surface area contributed by atoms with E-state index in [4.69, 9.17) is 9.47 Å². The van der Waals surface area contributed by atoms with E-state index >= 15 is 4.39 Å². The average Bonchev–Trinajstić information content (AvgIpc) is 3.98. The summed E-state index contributed by atoms with van der Waals surface area (Å²) in [6.45, 7) is 4.54. The van der Waals surface area contributed by atoms with Crippen LogP contribution in [0.5, 0.6) is 11.5 Å². The number of hydrogen-bond acceptors (Lipinski definition) is 10. The van der Waals surface area contributed by atoms with Crippen LogP contribution in [0, 0.1) is 11.2 Å². The van der Waals surface area contributed by atoms with Gasteiger partial charge in [0.1, 0.15) is 17.7 Å². The number of nitrogens with one attached hydrogen (secondary N) is 3. The summed E-state index contributed by atoms with van der Waals surface area (Å²) in [4.78, 5) is 75.2. The third-order valence-electron chi connectivity index (χ3n) is 11.8. The summed E-state index contributed by atoms with van der Waals surface area (Å²) < 4.78 is 67.5. The van der Waals surface area contributed by atoms with Crippen LogP contribution in [-0.4, -0.2) is 98.3 Å². The standard InChI is InChI=1S/C46H53F4N7O7/c1-6-52-33-24-35(63-5)36(23-30(33)41(51-3)54-27(2)28-13-11-15-31(40(28)47)46(48,49)50)64-26-45(20-21-45)25-56(4)38(59)17-9-7-8-10-22-53-32-16-12-14-29-39(32)44(62)57(43(29)61)34-18-19-37(58)55-42(34)60/h6,11-16,23-24,27,34,53H,7-10,17-22,25-26H2,1-5H3,(H,51,54)(H,55,58,60)/b52-6+/t27-,34?/m1/s1. The summed E-state index contributed by atoms with van der Waals surface area (Å²) in [7, 11) is 4.76. The Balaban J connectivity index is 0.981. The summed E-state index contributed by atoms with van der Waals surface area (Å²) >= 11 is 0. The van der Waals surface area contributed by atoms with E-state index in [-0.39, 0.29) is 53.3 Å². The molecule has 1 unspecified atom stereocenters. The smallest absolute Gasteiger partial charge is 0.419 e. The van der Waals surface area contributed by atoms with E-state index in [2.05, 4.69) is 25.9 Å². The molecule has 0 bridgehead atoms. The zero-order valence-electron chi connectivity index (χ0n) is 36.5. The number of amides is 5. The maximum absolute atomic E-state index is 15.1. The molecule has 1 saturated heterocycles. The molecule has 0 spiro atoms. The normalized spacial score (nSPS) is 17.6. The van der Waals surface area contributed by atoms with Crippen LogP contribution >= 0.6 is 0 Å². The molecular weight excluding hydrogens is 839 g/mol. The van der Waals surface area contributed by atoms with E-state index in [1.54, 1.807) is 55.4 Å². The van der Waals surface area contributed by atoms with Gasteiger partial charge in [0.2, 0.25) is 17.7 Å². The molecule has 0 aromatic heterocycles. The van der Waals surface area contributed by atoms with Crippen LogP contribution in [0.3, 0.4) is 0 Å². The number of nitrogens with zero attached hydrogens (tertiary/aromatic N) is 4. The summed E-state index contributed by atoms with van der Waals surface area (Å²) in [6, 6.07) is 9.48. The first-order valence-corrected chi connectivity index (χ1v) is 21.3. The molecule has 5 amide bonds. The number of amidine groups is 1. The number of carbonyl (C=O) groups is 5. The van der Waals surface area contributed by atoms with Crippen molar-refractivity contribution in [3.05, 3.63) is 82.2 Å². The van der Waals surface area contributed by atoms with E-state index in [9.17, 15) is 37.1 Å². The largest absolute Gasteiger partial charge is 0.493 e. The summed E-state index contributed by atoms with van der Waals surface area (Å²) in [5.41, 5.74) is -0.000577. The molecule has 0 radical (unpaired) electrons. The second kappa shape index (κ2) is 20.0. The number of halogens is 4. The van der Waals surface area contributed by atoms with Gasteiger partial charge in [0.05, 0.1) is 42.1 Å². The van der Waals surface area contributed by atoms with Crippen molar-refractivity contribution in [1.82, 2.24) is 20.4 Å². The van der Waals surface area contributed by atoms with Crippen LogP contribution in [-0.2, 0) is 20.6 Å². The number of methoxy groups -OCH3 is 1. The van der Waals surface area contributed by atoms with Gasteiger partial charge < -0.3 is 25.0 Å². The van der Waals surface area contributed by atoms with Crippen molar-refractivity contribution in [3.8, 4) is 11.5 Å². The molecule has 64 heavy (non-hydrogen) atoms. The molecule has 1 aliphatic carbocycles. The van der Waals surface area contributed by atoms with Gasteiger partial charge >= 0.3 is 6.18 Å². The Morgan fingerprint density at radius 2 is 1.78 bits per heavy atom.